The van der Waals surface area contributed by atoms with Gasteiger partial charge in [-0.2, -0.15) is 0 Å². The summed E-state index contributed by atoms with van der Waals surface area (Å²) in [6.45, 7) is 4.12. The first-order valence-electron chi connectivity index (χ1n) is 10.7. The number of aryl methyl sites for hydroxylation is 2. The zero-order valence-corrected chi connectivity index (χ0v) is 20.2. The average Bonchev–Trinajstić information content (AvgIpc) is 3.23. The molecule has 0 atom stereocenters. The van der Waals surface area contributed by atoms with Crippen molar-refractivity contribution < 1.29 is 16.8 Å². The number of nitrogens with one attached hydrogen (secondary N) is 1. The maximum absolute atomic E-state index is 13.2. The van der Waals surface area contributed by atoms with Crippen molar-refractivity contribution in [2.24, 2.45) is 0 Å². The second-order valence-electron chi connectivity index (χ2n) is 7.97. The molecule has 0 radical (unpaired) electrons. The van der Waals surface area contributed by atoms with E-state index in [1.54, 1.807) is 54.7 Å². The SMILES string of the molecule is CCc1ccc(S(=O)(=O)NCCc2ccc3ccn(S(=O)(=O)c4ccc(C)cc4)c3c2)cc1. The van der Waals surface area contributed by atoms with Gasteiger partial charge in [0.05, 0.1) is 15.3 Å². The van der Waals surface area contributed by atoms with E-state index in [1.165, 1.54) is 3.97 Å². The van der Waals surface area contributed by atoms with Crippen molar-refractivity contribution >= 4 is 30.9 Å². The van der Waals surface area contributed by atoms with E-state index >= 15 is 0 Å². The van der Waals surface area contributed by atoms with E-state index in [4.69, 9.17) is 0 Å². The third-order valence-electron chi connectivity index (χ3n) is 5.65. The van der Waals surface area contributed by atoms with Gasteiger partial charge in [-0.1, -0.05) is 48.9 Å². The molecule has 0 aliphatic rings. The molecule has 4 rings (SSSR count). The zero-order valence-electron chi connectivity index (χ0n) is 18.5. The average molecular weight is 483 g/mol. The van der Waals surface area contributed by atoms with Crippen LogP contribution in [0.4, 0.5) is 0 Å². The van der Waals surface area contributed by atoms with Crippen molar-refractivity contribution in [1.82, 2.24) is 8.69 Å². The van der Waals surface area contributed by atoms with Crippen LogP contribution in [0.15, 0.2) is 88.8 Å². The van der Waals surface area contributed by atoms with E-state index in [0.29, 0.717) is 11.9 Å². The summed E-state index contributed by atoms with van der Waals surface area (Å²) in [5, 5.41) is 0.797. The van der Waals surface area contributed by atoms with Crippen LogP contribution < -0.4 is 4.72 Å². The molecular weight excluding hydrogens is 456 g/mol. The number of benzene rings is 3. The fourth-order valence-corrected chi connectivity index (χ4v) is 6.03. The lowest BCUT2D eigenvalue weighted by atomic mass is 10.1. The van der Waals surface area contributed by atoms with Crippen LogP contribution in [-0.4, -0.2) is 27.4 Å². The molecule has 4 aromatic rings. The maximum Gasteiger partial charge on any atom is 0.268 e. The zero-order chi connectivity index (χ0) is 23.6. The highest BCUT2D eigenvalue weighted by molar-refractivity contribution is 7.90. The smallest absolute Gasteiger partial charge is 0.241 e. The van der Waals surface area contributed by atoms with Gasteiger partial charge in [-0.05, 0) is 67.3 Å². The van der Waals surface area contributed by atoms with Gasteiger partial charge in [0.15, 0.2) is 0 Å². The number of hydrogen-bond acceptors (Lipinski definition) is 4. The minimum absolute atomic E-state index is 0.203. The molecule has 0 aliphatic heterocycles. The topological polar surface area (TPSA) is 85.2 Å². The number of aromatic nitrogens is 1. The fraction of sp³-hybridized carbons (Fsp3) is 0.200. The Morgan fingerprint density at radius 1 is 0.788 bits per heavy atom. The molecule has 0 amide bonds. The molecular formula is C25H26N2O4S2. The Labute approximate surface area is 195 Å². The highest BCUT2D eigenvalue weighted by Crippen LogP contribution is 2.24. The van der Waals surface area contributed by atoms with E-state index in [-0.39, 0.29) is 16.3 Å². The fourth-order valence-electron chi connectivity index (χ4n) is 3.66. The number of nitrogens with zero attached hydrogens (tertiary/aromatic N) is 1. The third-order valence-corrected chi connectivity index (χ3v) is 8.83. The van der Waals surface area contributed by atoms with E-state index in [1.807, 2.05) is 38.1 Å². The summed E-state index contributed by atoms with van der Waals surface area (Å²) in [4.78, 5) is 0.450. The molecule has 1 heterocycles. The van der Waals surface area contributed by atoms with Crippen LogP contribution in [0.5, 0.6) is 0 Å². The van der Waals surface area contributed by atoms with Crippen LogP contribution >= 0.6 is 0 Å². The molecule has 6 nitrogen and oxygen atoms in total. The minimum Gasteiger partial charge on any atom is -0.241 e. The summed E-state index contributed by atoms with van der Waals surface area (Å²) in [5.74, 6) is 0. The number of sulfonamides is 1. The molecule has 3 aromatic carbocycles. The lowest BCUT2D eigenvalue weighted by molar-refractivity contribution is 0.581. The highest BCUT2D eigenvalue weighted by atomic mass is 32.2. The predicted octanol–water partition coefficient (Wildman–Crippen LogP) is 4.27. The summed E-state index contributed by atoms with van der Waals surface area (Å²) < 4.78 is 55.3. The van der Waals surface area contributed by atoms with Crippen molar-refractivity contribution in [3.63, 3.8) is 0 Å². The molecule has 0 aliphatic carbocycles. The third kappa shape index (κ3) is 4.88. The van der Waals surface area contributed by atoms with Gasteiger partial charge in [0, 0.05) is 18.1 Å². The Balaban J connectivity index is 1.53. The van der Waals surface area contributed by atoms with Gasteiger partial charge >= 0.3 is 0 Å². The standard InChI is InChI=1S/C25H26N2O4S2/c1-3-20-7-12-23(13-8-20)32(28,29)26-16-14-21-6-9-22-15-17-27(25(22)18-21)33(30,31)24-10-4-19(2)5-11-24/h4-13,15,17-18,26H,3,14,16H2,1-2H3. The van der Waals surface area contributed by atoms with Crippen molar-refractivity contribution in [1.29, 1.82) is 0 Å². The molecule has 1 N–H and O–H groups in total. The normalized spacial score (nSPS) is 12.3. The number of hydrogen-bond donors (Lipinski definition) is 1. The lowest BCUT2D eigenvalue weighted by Gasteiger charge is -2.10. The summed E-state index contributed by atoms with van der Waals surface area (Å²) in [6, 6.07) is 20.9. The first-order valence-corrected chi connectivity index (χ1v) is 13.6. The summed E-state index contributed by atoms with van der Waals surface area (Å²) in [6.07, 6.45) is 2.82. The van der Waals surface area contributed by atoms with Gasteiger partial charge in [-0.25, -0.2) is 25.5 Å². The highest BCUT2D eigenvalue weighted by Gasteiger charge is 2.19. The van der Waals surface area contributed by atoms with Gasteiger partial charge in [-0.15, -0.1) is 0 Å². The first kappa shape index (κ1) is 23.2. The van der Waals surface area contributed by atoms with Crippen LogP contribution in [0, 0.1) is 6.92 Å². The van der Waals surface area contributed by atoms with Crippen LogP contribution in [0.1, 0.15) is 23.6 Å². The van der Waals surface area contributed by atoms with Gasteiger partial charge in [0.25, 0.3) is 10.0 Å². The van der Waals surface area contributed by atoms with E-state index in [2.05, 4.69) is 4.72 Å². The largest absolute Gasteiger partial charge is 0.268 e. The van der Waals surface area contributed by atoms with Gasteiger partial charge in [0.2, 0.25) is 10.0 Å². The molecule has 0 saturated carbocycles. The summed E-state index contributed by atoms with van der Waals surface area (Å²) in [5.41, 5.74) is 3.46. The second-order valence-corrected chi connectivity index (χ2v) is 11.5. The van der Waals surface area contributed by atoms with Gasteiger partial charge in [0.1, 0.15) is 0 Å². The second kappa shape index (κ2) is 9.13. The lowest BCUT2D eigenvalue weighted by Crippen LogP contribution is -2.26. The van der Waals surface area contributed by atoms with Crippen molar-refractivity contribution in [3.05, 3.63) is 95.7 Å². The Morgan fingerprint density at radius 3 is 2.09 bits per heavy atom. The molecule has 8 heteroatoms. The van der Waals surface area contributed by atoms with E-state index in [0.717, 1.165) is 28.5 Å². The first-order chi connectivity index (χ1) is 15.7. The quantitative estimate of drug-likeness (QED) is 0.406. The molecule has 0 spiro atoms. The Kier molecular flexibility index (Phi) is 6.43. The molecule has 0 saturated heterocycles. The number of rotatable bonds is 8. The van der Waals surface area contributed by atoms with Crippen LogP contribution in [0.2, 0.25) is 0 Å². The predicted molar refractivity (Wildman–Crippen MR) is 130 cm³/mol. The van der Waals surface area contributed by atoms with Crippen LogP contribution in [-0.2, 0) is 32.9 Å². The van der Waals surface area contributed by atoms with E-state index < -0.39 is 20.0 Å². The van der Waals surface area contributed by atoms with Crippen LogP contribution in [0.25, 0.3) is 10.9 Å². The molecule has 33 heavy (non-hydrogen) atoms. The molecule has 0 bridgehead atoms. The van der Waals surface area contributed by atoms with Crippen molar-refractivity contribution in [2.45, 2.75) is 36.5 Å². The Morgan fingerprint density at radius 2 is 1.42 bits per heavy atom. The van der Waals surface area contributed by atoms with Crippen molar-refractivity contribution in [3.8, 4) is 0 Å². The Hall–Kier alpha value is -2.94. The van der Waals surface area contributed by atoms with Gasteiger partial charge < -0.3 is 0 Å². The molecule has 1 aromatic heterocycles. The van der Waals surface area contributed by atoms with Crippen LogP contribution in [0.3, 0.4) is 0 Å². The molecule has 0 fully saturated rings. The van der Waals surface area contributed by atoms with Gasteiger partial charge in [-0.3, -0.25) is 0 Å². The van der Waals surface area contributed by atoms with Crippen molar-refractivity contribution in [2.75, 3.05) is 6.54 Å². The maximum atomic E-state index is 13.2. The summed E-state index contributed by atoms with van der Waals surface area (Å²) >= 11 is 0. The minimum atomic E-state index is -3.74. The molecule has 0 unspecified atom stereocenters. The monoisotopic (exact) mass is 482 g/mol. The molecule has 172 valence electrons. The number of fused-ring (bicyclic) bond motifs is 1. The van der Waals surface area contributed by atoms with E-state index in [9.17, 15) is 16.8 Å². The Bertz CT molecular complexity index is 1490. The summed E-state index contributed by atoms with van der Waals surface area (Å²) in [7, 11) is -7.35.